The number of aliphatic hydroxyl groups excluding tert-OH is 3. The fourth-order valence-electron chi connectivity index (χ4n) is 5.10. The van der Waals surface area contributed by atoms with Gasteiger partial charge >= 0.3 is 11.9 Å². The lowest BCUT2D eigenvalue weighted by Gasteiger charge is -2.38. The molecule has 0 aromatic heterocycles. The number of nitrogens with one attached hydrogen (secondary N) is 1. The van der Waals surface area contributed by atoms with Crippen LogP contribution < -0.4 is 14.8 Å². The molecule has 3 amide bonds. The Morgan fingerprint density at radius 2 is 1.65 bits per heavy atom. The van der Waals surface area contributed by atoms with Gasteiger partial charge in [-0.2, -0.15) is 0 Å². The average Bonchev–Trinajstić information content (AvgIpc) is 3.39. The molecule has 2 heterocycles. The smallest absolute Gasteiger partial charge is 0.335 e. The number of hydrogen-bond acceptors (Lipinski definition) is 13. The molecule has 2 aliphatic heterocycles. The lowest BCUT2D eigenvalue weighted by molar-refractivity contribution is -0.271. The molecule has 0 unspecified atom stereocenters. The maximum atomic E-state index is 12.6. The van der Waals surface area contributed by atoms with E-state index in [2.05, 4.69) is 5.32 Å². The molecule has 51 heavy (non-hydrogen) atoms. The average molecular weight is 721 g/mol. The second-order valence-corrected chi connectivity index (χ2v) is 13.6. The summed E-state index contributed by atoms with van der Waals surface area (Å²) >= 11 is 0. The highest BCUT2D eigenvalue weighted by Crippen LogP contribution is 2.30. The number of hydrogen-bond donors (Lipinski definition) is 5. The molecule has 0 radical (unpaired) electrons. The van der Waals surface area contributed by atoms with E-state index >= 15 is 0 Å². The minimum Gasteiger partial charge on any atom is -0.493 e. The largest absolute Gasteiger partial charge is 0.493 e. The van der Waals surface area contributed by atoms with Gasteiger partial charge in [0.25, 0.3) is 11.8 Å². The number of esters is 1. The van der Waals surface area contributed by atoms with E-state index in [0.29, 0.717) is 37.8 Å². The molecule has 1 fully saturated rings. The van der Waals surface area contributed by atoms with Crippen molar-refractivity contribution in [2.75, 3.05) is 19.7 Å². The quantitative estimate of drug-likeness (QED) is 0.0763. The number of aliphatic hydroxyl groups is 3. The highest BCUT2D eigenvalue weighted by atomic mass is 16.7. The second kappa shape index (κ2) is 18.7. The predicted octanol–water partition coefficient (Wildman–Crippen LogP) is 1.01. The van der Waals surface area contributed by atoms with Gasteiger partial charge in [-0.25, -0.2) is 4.79 Å². The number of benzene rings is 1. The zero-order valence-corrected chi connectivity index (χ0v) is 29.2. The Morgan fingerprint density at radius 3 is 2.29 bits per heavy atom. The standard InChI is InChI=1S/C35H48N2O14/c1-20(17-22(38)9-6-5-7-15-37-25(39)12-13-26(37)40)31(44)36-14-8-16-48-24-18-23(11-10-21(24)19-49-34(47)35(2,3)4)50-33-29(43)27(41)28(42)30(51-33)32(45)46/h10-13,18,20,27-30,33,41-43H,5-9,14-17,19H2,1-4H3,(H,36,44)(H,45,46)/t20-,27+,28+,29-,30+,33-/m1/s1. The topological polar surface area (TPSA) is 236 Å². The summed E-state index contributed by atoms with van der Waals surface area (Å²) in [6.07, 6.45) is -4.02. The molecule has 5 N–H and O–H groups in total. The number of ketones is 1. The Balaban J connectivity index is 1.48. The van der Waals surface area contributed by atoms with Crippen molar-refractivity contribution in [3.05, 3.63) is 35.9 Å². The Bertz CT molecular complexity index is 1440. The highest BCUT2D eigenvalue weighted by molar-refractivity contribution is 6.12. The van der Waals surface area contributed by atoms with Crippen molar-refractivity contribution >= 4 is 35.4 Å². The molecule has 282 valence electrons. The van der Waals surface area contributed by atoms with Crippen LogP contribution in [0.5, 0.6) is 11.5 Å². The van der Waals surface area contributed by atoms with E-state index in [4.69, 9.17) is 18.9 Å². The van der Waals surface area contributed by atoms with E-state index in [1.165, 1.54) is 30.4 Å². The summed E-state index contributed by atoms with van der Waals surface area (Å²) in [7, 11) is 0. The predicted molar refractivity (Wildman–Crippen MR) is 177 cm³/mol. The number of carbonyl (C=O) groups excluding carboxylic acids is 5. The van der Waals surface area contributed by atoms with E-state index in [-0.39, 0.29) is 67.6 Å². The summed E-state index contributed by atoms with van der Waals surface area (Å²) in [5.74, 6) is -3.34. The molecule has 2 aliphatic rings. The van der Waals surface area contributed by atoms with Gasteiger partial charge in [-0.15, -0.1) is 0 Å². The summed E-state index contributed by atoms with van der Waals surface area (Å²) < 4.78 is 22.1. The number of amides is 3. The van der Waals surface area contributed by atoms with Crippen LogP contribution in [-0.2, 0) is 44.8 Å². The summed E-state index contributed by atoms with van der Waals surface area (Å²) in [4.78, 5) is 73.2. The van der Waals surface area contributed by atoms with E-state index in [0.717, 1.165) is 4.90 Å². The Hall–Kier alpha value is -4.38. The first-order valence-corrected chi connectivity index (χ1v) is 16.8. The summed E-state index contributed by atoms with van der Waals surface area (Å²) in [5.41, 5.74) is -0.309. The minimum atomic E-state index is -1.89. The van der Waals surface area contributed by atoms with Crippen molar-refractivity contribution in [2.24, 2.45) is 11.3 Å². The van der Waals surface area contributed by atoms with Crippen molar-refractivity contribution in [2.45, 2.75) is 104 Å². The van der Waals surface area contributed by atoms with Gasteiger partial charge in [0.05, 0.1) is 12.0 Å². The zero-order chi connectivity index (χ0) is 37.9. The lowest BCUT2D eigenvalue weighted by atomic mass is 9.97. The van der Waals surface area contributed by atoms with Gasteiger partial charge in [0.1, 0.15) is 42.2 Å². The van der Waals surface area contributed by atoms with Crippen molar-refractivity contribution in [1.29, 1.82) is 0 Å². The maximum Gasteiger partial charge on any atom is 0.335 e. The molecule has 0 saturated carbocycles. The van der Waals surface area contributed by atoms with Gasteiger partial charge in [-0.05, 0) is 52.2 Å². The molecule has 1 aromatic carbocycles. The van der Waals surface area contributed by atoms with Crippen LogP contribution in [0.25, 0.3) is 0 Å². The number of carbonyl (C=O) groups is 6. The number of Topliss-reactive ketones (excluding diaryl/α,β-unsaturated/α-hetero) is 1. The van der Waals surface area contributed by atoms with Crippen LogP contribution in [0.1, 0.15) is 71.8 Å². The summed E-state index contributed by atoms with van der Waals surface area (Å²) in [6.45, 7) is 7.22. The monoisotopic (exact) mass is 720 g/mol. The number of carboxylic acids is 1. The number of unbranched alkanes of at least 4 members (excludes halogenated alkanes) is 2. The molecular weight excluding hydrogens is 672 g/mol. The van der Waals surface area contributed by atoms with Crippen LogP contribution in [-0.4, -0.2) is 111 Å². The third-order valence-electron chi connectivity index (χ3n) is 8.17. The first kappa shape index (κ1) is 41.0. The summed E-state index contributed by atoms with van der Waals surface area (Å²) in [6, 6.07) is 4.37. The Kier molecular flexibility index (Phi) is 15.1. The molecule has 1 saturated heterocycles. The van der Waals surface area contributed by atoms with Gasteiger partial charge in [0, 0.05) is 55.6 Å². The number of carboxylic acid groups (broad SMARTS) is 1. The van der Waals surface area contributed by atoms with E-state index in [1.807, 2.05) is 0 Å². The van der Waals surface area contributed by atoms with Crippen molar-refractivity contribution in [3.8, 4) is 11.5 Å². The van der Waals surface area contributed by atoms with Crippen molar-refractivity contribution < 1.29 is 68.1 Å². The fourth-order valence-corrected chi connectivity index (χ4v) is 5.10. The molecule has 3 rings (SSSR count). The maximum absolute atomic E-state index is 12.6. The molecule has 1 aromatic rings. The first-order valence-electron chi connectivity index (χ1n) is 16.8. The zero-order valence-electron chi connectivity index (χ0n) is 29.2. The molecule has 0 aliphatic carbocycles. The number of rotatable bonds is 19. The highest BCUT2D eigenvalue weighted by Gasteiger charge is 2.48. The van der Waals surface area contributed by atoms with Crippen LogP contribution >= 0.6 is 0 Å². The van der Waals surface area contributed by atoms with Crippen LogP contribution in [0.2, 0.25) is 0 Å². The Morgan fingerprint density at radius 1 is 0.961 bits per heavy atom. The van der Waals surface area contributed by atoms with Crippen molar-refractivity contribution in [3.63, 3.8) is 0 Å². The number of ether oxygens (including phenoxy) is 4. The molecule has 6 atom stereocenters. The van der Waals surface area contributed by atoms with E-state index in [9.17, 15) is 49.2 Å². The molecule has 0 bridgehead atoms. The van der Waals surface area contributed by atoms with Gasteiger partial charge in [-0.3, -0.25) is 28.9 Å². The third-order valence-corrected chi connectivity index (χ3v) is 8.17. The van der Waals surface area contributed by atoms with Gasteiger partial charge in [-0.1, -0.05) is 13.3 Å². The van der Waals surface area contributed by atoms with E-state index < -0.39 is 54.0 Å². The van der Waals surface area contributed by atoms with Crippen molar-refractivity contribution in [1.82, 2.24) is 10.2 Å². The normalized spacial score (nSPS) is 22.4. The molecule has 16 nitrogen and oxygen atoms in total. The van der Waals surface area contributed by atoms with Crippen LogP contribution in [0.3, 0.4) is 0 Å². The van der Waals surface area contributed by atoms with Gasteiger partial charge < -0.3 is 44.7 Å². The van der Waals surface area contributed by atoms with Gasteiger partial charge in [0.15, 0.2) is 6.10 Å². The fraction of sp³-hybridized carbons (Fsp3) is 0.600. The molecule has 0 spiro atoms. The first-order chi connectivity index (χ1) is 24.0. The van der Waals surface area contributed by atoms with Crippen LogP contribution in [0.4, 0.5) is 0 Å². The number of imide groups is 1. The van der Waals surface area contributed by atoms with E-state index in [1.54, 1.807) is 27.7 Å². The minimum absolute atomic E-state index is 0.0496. The Labute approximate surface area is 295 Å². The third kappa shape index (κ3) is 12.1. The molecule has 16 heteroatoms. The van der Waals surface area contributed by atoms with Crippen LogP contribution in [0.15, 0.2) is 30.4 Å². The van der Waals surface area contributed by atoms with Gasteiger partial charge in [0.2, 0.25) is 12.2 Å². The number of nitrogens with zero attached hydrogens (tertiary/aromatic N) is 1. The molecular formula is C35H48N2O14. The number of aliphatic carboxylic acids is 1. The SMILES string of the molecule is C[C@H](CC(=O)CCCCCN1C(=O)C=CC1=O)C(=O)NCCCOc1cc(O[C@@H]2O[C@H](C(=O)O)[C@@H](O)[C@H](O)[C@H]2O)ccc1COC(=O)C(C)(C)C. The summed E-state index contributed by atoms with van der Waals surface area (Å²) in [5, 5.41) is 42.5. The second-order valence-electron chi connectivity index (χ2n) is 13.6. The lowest BCUT2D eigenvalue weighted by Crippen LogP contribution is -2.61. The van der Waals surface area contributed by atoms with Crippen LogP contribution in [0, 0.1) is 11.3 Å².